The van der Waals surface area contributed by atoms with Crippen LogP contribution in [-0.2, 0) is 23.1 Å². The van der Waals surface area contributed by atoms with Crippen molar-refractivity contribution < 1.29 is 23.8 Å². The number of nitrogens with one attached hydrogen (secondary N) is 3. The minimum Gasteiger partial charge on any atom is -0.493 e. The predicted octanol–water partition coefficient (Wildman–Crippen LogP) is 5.82. The molecule has 2 amide bonds. The fourth-order valence-electron chi connectivity index (χ4n) is 6.32. The van der Waals surface area contributed by atoms with Crippen molar-refractivity contribution in [2.75, 3.05) is 32.0 Å². The highest BCUT2D eigenvalue weighted by atomic mass is 16.5. The third-order valence-electron chi connectivity index (χ3n) is 8.91. The molecule has 0 bridgehead atoms. The average Bonchev–Trinajstić information content (AvgIpc) is 3.27. The summed E-state index contributed by atoms with van der Waals surface area (Å²) >= 11 is 0. The Bertz CT molecular complexity index is 1850. The lowest BCUT2D eigenvalue weighted by atomic mass is 9.95. The lowest BCUT2D eigenvalue weighted by molar-refractivity contribution is -0.120. The van der Waals surface area contributed by atoms with E-state index in [0.29, 0.717) is 47.8 Å². The van der Waals surface area contributed by atoms with Crippen molar-refractivity contribution in [3.63, 3.8) is 0 Å². The predicted molar refractivity (Wildman–Crippen MR) is 181 cm³/mol. The summed E-state index contributed by atoms with van der Waals surface area (Å²) < 4.78 is 19.2. The summed E-state index contributed by atoms with van der Waals surface area (Å²) in [7, 11) is 6.64. The third kappa shape index (κ3) is 6.11. The van der Waals surface area contributed by atoms with Gasteiger partial charge in [0.1, 0.15) is 6.04 Å². The van der Waals surface area contributed by atoms with Crippen LogP contribution in [0.3, 0.4) is 0 Å². The zero-order valence-electron chi connectivity index (χ0n) is 27.4. The van der Waals surface area contributed by atoms with E-state index < -0.39 is 12.1 Å². The number of aromatic nitrogens is 1. The van der Waals surface area contributed by atoms with Gasteiger partial charge < -0.3 is 34.7 Å². The molecule has 5 rings (SSSR count). The molecule has 46 heavy (non-hydrogen) atoms. The molecule has 0 radical (unpaired) electrons. The molecule has 0 saturated heterocycles. The number of ether oxygens (including phenoxy) is 3. The van der Waals surface area contributed by atoms with Crippen molar-refractivity contribution in [1.82, 2.24) is 9.88 Å². The minimum absolute atomic E-state index is 0.0950. The molecular weight excluding hydrogens is 584 g/mol. The molecule has 1 aliphatic carbocycles. The van der Waals surface area contributed by atoms with Gasteiger partial charge in [0.25, 0.3) is 0 Å². The second kappa shape index (κ2) is 13.6. The van der Waals surface area contributed by atoms with E-state index in [-0.39, 0.29) is 28.8 Å². The van der Waals surface area contributed by atoms with Gasteiger partial charge in [-0.25, -0.2) is 0 Å². The standard InChI is InChI=1S/C36H42N4O6/c1-8-20(2)33(36(43)39-26-10-9-11-29-24(26)16-17-40(29)4)38-28-15-13-23-25(19-30(28)42)27(37-21(3)41)14-12-22-18-31(44-5)34(45-6)35(46-7)32(22)23/h9-11,13,15-20,27,33H,8,12,14H2,1-7H3,(H,37,41)(H,38,42)(H,39,43)/t20-,27+,33+/m0/s1. The topological polar surface area (TPSA) is 120 Å². The summed E-state index contributed by atoms with van der Waals surface area (Å²) in [5, 5.41) is 10.3. The van der Waals surface area contributed by atoms with E-state index in [0.717, 1.165) is 27.6 Å². The molecule has 242 valence electrons. The second-order valence-electron chi connectivity index (χ2n) is 11.8. The first-order valence-electron chi connectivity index (χ1n) is 15.5. The van der Waals surface area contributed by atoms with Crippen LogP contribution in [0.1, 0.15) is 50.8 Å². The van der Waals surface area contributed by atoms with Gasteiger partial charge >= 0.3 is 0 Å². The van der Waals surface area contributed by atoms with Gasteiger partial charge in [0.2, 0.25) is 23.0 Å². The molecule has 1 heterocycles. The van der Waals surface area contributed by atoms with Crippen LogP contribution in [0.2, 0.25) is 0 Å². The largest absolute Gasteiger partial charge is 0.493 e. The number of fused-ring (bicyclic) bond motifs is 4. The molecule has 1 aromatic heterocycles. The first kappa shape index (κ1) is 32.4. The van der Waals surface area contributed by atoms with Crippen LogP contribution in [0.15, 0.2) is 59.5 Å². The van der Waals surface area contributed by atoms with E-state index in [2.05, 4.69) is 16.0 Å². The van der Waals surface area contributed by atoms with Gasteiger partial charge in [0.05, 0.1) is 38.7 Å². The Labute approximate surface area is 269 Å². The maximum atomic E-state index is 13.9. The Balaban J connectivity index is 1.61. The van der Waals surface area contributed by atoms with Crippen LogP contribution >= 0.6 is 0 Å². The number of rotatable bonds is 10. The van der Waals surface area contributed by atoms with Gasteiger partial charge in [-0.05, 0) is 71.8 Å². The van der Waals surface area contributed by atoms with Gasteiger partial charge in [-0.3, -0.25) is 14.4 Å². The zero-order chi connectivity index (χ0) is 33.1. The second-order valence-corrected chi connectivity index (χ2v) is 11.8. The van der Waals surface area contributed by atoms with Crippen molar-refractivity contribution in [2.24, 2.45) is 13.0 Å². The molecule has 0 aliphatic heterocycles. The first-order valence-corrected chi connectivity index (χ1v) is 15.5. The number of anilines is 2. The molecule has 4 aromatic rings. The summed E-state index contributed by atoms with van der Waals surface area (Å²) in [6.07, 6.45) is 3.81. The lowest BCUT2D eigenvalue weighted by Crippen LogP contribution is -2.40. The molecule has 0 spiro atoms. The average molecular weight is 627 g/mol. The number of nitrogens with zero attached hydrogens (tertiary/aromatic N) is 1. The summed E-state index contributed by atoms with van der Waals surface area (Å²) in [4.78, 5) is 40.1. The number of hydrogen-bond acceptors (Lipinski definition) is 7. The van der Waals surface area contributed by atoms with Gasteiger partial charge in [-0.2, -0.15) is 0 Å². The Hall–Kier alpha value is -4.99. The fraction of sp³-hybridized carbons (Fsp3) is 0.361. The Morgan fingerprint density at radius 1 is 1.00 bits per heavy atom. The van der Waals surface area contributed by atoms with Crippen molar-refractivity contribution >= 4 is 34.1 Å². The number of hydrogen-bond donors (Lipinski definition) is 3. The maximum absolute atomic E-state index is 13.9. The number of carbonyl (C=O) groups is 2. The van der Waals surface area contributed by atoms with E-state index in [1.807, 2.05) is 68.1 Å². The van der Waals surface area contributed by atoms with Gasteiger partial charge in [-0.1, -0.05) is 32.4 Å². The highest BCUT2D eigenvalue weighted by Crippen LogP contribution is 2.50. The van der Waals surface area contributed by atoms with Crippen molar-refractivity contribution in [1.29, 1.82) is 0 Å². The first-order chi connectivity index (χ1) is 22.1. The molecule has 3 atom stereocenters. The summed E-state index contributed by atoms with van der Waals surface area (Å²) in [6.45, 7) is 5.46. The van der Waals surface area contributed by atoms with Crippen molar-refractivity contribution in [3.8, 4) is 28.4 Å². The molecule has 0 unspecified atom stereocenters. The molecule has 3 N–H and O–H groups in total. The van der Waals surface area contributed by atoms with Crippen LogP contribution in [0, 0.1) is 5.92 Å². The van der Waals surface area contributed by atoms with Crippen LogP contribution in [-0.4, -0.2) is 43.8 Å². The molecule has 10 nitrogen and oxygen atoms in total. The van der Waals surface area contributed by atoms with Gasteiger partial charge in [0, 0.05) is 36.6 Å². The SMILES string of the molecule is CC[C@H](C)[C@@H](Nc1ccc2c(cc1=O)[C@H](NC(C)=O)CCc1cc(OC)c(OC)c(OC)c1-2)C(=O)Nc1cccc2c1ccn2C. The molecule has 0 saturated carbocycles. The summed E-state index contributed by atoms with van der Waals surface area (Å²) in [6, 6.07) is 13.6. The van der Waals surface area contributed by atoms with E-state index in [1.165, 1.54) is 6.92 Å². The Morgan fingerprint density at radius 3 is 2.43 bits per heavy atom. The van der Waals surface area contributed by atoms with E-state index in [1.54, 1.807) is 33.5 Å². The fourth-order valence-corrected chi connectivity index (χ4v) is 6.32. The molecule has 1 aliphatic rings. The van der Waals surface area contributed by atoms with Crippen LogP contribution in [0.25, 0.3) is 22.0 Å². The summed E-state index contributed by atoms with van der Waals surface area (Å²) in [5.41, 5.74) is 4.74. The van der Waals surface area contributed by atoms with E-state index in [4.69, 9.17) is 14.2 Å². The number of amides is 2. The lowest BCUT2D eigenvalue weighted by Gasteiger charge is -2.24. The smallest absolute Gasteiger partial charge is 0.247 e. The number of carbonyl (C=O) groups excluding carboxylic acids is 2. The van der Waals surface area contributed by atoms with E-state index >= 15 is 0 Å². The quantitative estimate of drug-likeness (QED) is 0.203. The highest BCUT2D eigenvalue weighted by Gasteiger charge is 2.30. The Kier molecular flexibility index (Phi) is 9.55. The summed E-state index contributed by atoms with van der Waals surface area (Å²) in [5.74, 6) is 0.894. The van der Waals surface area contributed by atoms with E-state index in [9.17, 15) is 14.4 Å². The van der Waals surface area contributed by atoms with Gasteiger partial charge in [0.15, 0.2) is 11.5 Å². The minimum atomic E-state index is -0.698. The highest BCUT2D eigenvalue weighted by molar-refractivity contribution is 6.04. The molecule has 0 fully saturated rings. The van der Waals surface area contributed by atoms with Crippen LogP contribution in [0.5, 0.6) is 17.2 Å². The van der Waals surface area contributed by atoms with Gasteiger partial charge in [-0.15, -0.1) is 0 Å². The number of benzene rings is 2. The van der Waals surface area contributed by atoms with Crippen LogP contribution in [0.4, 0.5) is 11.4 Å². The molecular formula is C36H42N4O6. The van der Waals surface area contributed by atoms with Crippen LogP contribution < -0.4 is 35.6 Å². The maximum Gasteiger partial charge on any atom is 0.247 e. The Morgan fingerprint density at radius 2 is 1.76 bits per heavy atom. The monoisotopic (exact) mass is 626 g/mol. The number of methoxy groups -OCH3 is 3. The van der Waals surface area contributed by atoms with Crippen molar-refractivity contribution in [2.45, 2.75) is 52.1 Å². The van der Waals surface area contributed by atoms with Crippen molar-refractivity contribution in [3.05, 3.63) is 76.1 Å². The molecule has 3 aromatic carbocycles. The number of aryl methyl sites for hydroxylation is 2. The third-order valence-corrected chi connectivity index (χ3v) is 8.91. The molecule has 10 heteroatoms. The normalized spacial score (nSPS) is 15.1. The zero-order valence-corrected chi connectivity index (χ0v) is 27.4.